The molecular formula is C21H31N3O5S. The summed E-state index contributed by atoms with van der Waals surface area (Å²) >= 11 is 0. The van der Waals surface area contributed by atoms with Gasteiger partial charge in [0.25, 0.3) is 5.91 Å². The molecule has 0 aromatic heterocycles. The first-order chi connectivity index (χ1) is 14.3. The fraction of sp³-hybridized carbons (Fsp3) is 0.619. The fourth-order valence-corrected chi connectivity index (χ4v) is 4.83. The quantitative estimate of drug-likeness (QED) is 0.686. The van der Waals surface area contributed by atoms with Crippen molar-refractivity contribution in [2.45, 2.75) is 38.5 Å². The molecule has 30 heavy (non-hydrogen) atoms. The summed E-state index contributed by atoms with van der Waals surface area (Å²) < 4.78 is 29.6. The van der Waals surface area contributed by atoms with Crippen LogP contribution in [0, 0.1) is 5.92 Å². The number of amides is 1. The Bertz CT molecular complexity index is 825. The van der Waals surface area contributed by atoms with Gasteiger partial charge in [-0.15, -0.1) is 0 Å². The van der Waals surface area contributed by atoms with Gasteiger partial charge >= 0.3 is 5.97 Å². The van der Waals surface area contributed by atoms with Crippen LogP contribution in [-0.2, 0) is 24.3 Å². The van der Waals surface area contributed by atoms with Crippen LogP contribution in [0.3, 0.4) is 0 Å². The average molecular weight is 438 g/mol. The van der Waals surface area contributed by atoms with Crippen molar-refractivity contribution in [2.24, 2.45) is 5.92 Å². The van der Waals surface area contributed by atoms with E-state index < -0.39 is 16.0 Å². The van der Waals surface area contributed by atoms with E-state index in [4.69, 9.17) is 4.74 Å². The smallest absolute Gasteiger partial charge is 0.309 e. The molecule has 2 aliphatic heterocycles. The number of nitrogens with one attached hydrogen (secondary N) is 1. The van der Waals surface area contributed by atoms with E-state index >= 15 is 0 Å². The van der Waals surface area contributed by atoms with Gasteiger partial charge in [-0.25, -0.2) is 12.7 Å². The SMILES string of the molecule is CS(=O)(=O)N1CCC(C(=O)OCC(=O)Nc2ccc(N3CCCCCC3)cc2)CC1. The van der Waals surface area contributed by atoms with Crippen LogP contribution >= 0.6 is 0 Å². The number of sulfonamides is 1. The predicted octanol–water partition coefficient (Wildman–Crippen LogP) is 2.22. The summed E-state index contributed by atoms with van der Waals surface area (Å²) in [7, 11) is -3.23. The summed E-state index contributed by atoms with van der Waals surface area (Å²) in [5.74, 6) is -1.21. The lowest BCUT2D eigenvalue weighted by atomic mass is 9.98. The van der Waals surface area contributed by atoms with E-state index in [0.29, 0.717) is 31.6 Å². The van der Waals surface area contributed by atoms with Crippen LogP contribution in [0.25, 0.3) is 0 Å². The minimum Gasteiger partial charge on any atom is -0.455 e. The summed E-state index contributed by atoms with van der Waals surface area (Å²) in [5.41, 5.74) is 1.82. The molecule has 2 aliphatic rings. The van der Waals surface area contributed by atoms with E-state index in [9.17, 15) is 18.0 Å². The van der Waals surface area contributed by atoms with Crippen molar-refractivity contribution >= 4 is 33.3 Å². The molecule has 2 heterocycles. The second kappa shape index (κ2) is 10.3. The van der Waals surface area contributed by atoms with Crippen molar-refractivity contribution in [1.82, 2.24) is 4.31 Å². The Hall–Kier alpha value is -2.13. The number of esters is 1. The van der Waals surface area contributed by atoms with E-state index in [1.807, 2.05) is 24.3 Å². The first-order valence-corrected chi connectivity index (χ1v) is 12.4. The van der Waals surface area contributed by atoms with Crippen molar-refractivity contribution in [3.05, 3.63) is 24.3 Å². The number of carbonyl (C=O) groups excluding carboxylic acids is 2. The molecule has 166 valence electrons. The summed E-state index contributed by atoms with van der Waals surface area (Å²) in [5, 5.41) is 2.75. The maximum Gasteiger partial charge on any atom is 0.309 e. The summed E-state index contributed by atoms with van der Waals surface area (Å²) in [4.78, 5) is 26.7. The topological polar surface area (TPSA) is 96.0 Å². The van der Waals surface area contributed by atoms with Crippen molar-refractivity contribution in [3.8, 4) is 0 Å². The predicted molar refractivity (Wildman–Crippen MR) is 116 cm³/mol. The minimum absolute atomic E-state index is 0.300. The van der Waals surface area contributed by atoms with Crippen LogP contribution in [0.2, 0.25) is 0 Å². The molecule has 0 saturated carbocycles. The van der Waals surface area contributed by atoms with Gasteiger partial charge in [0.05, 0.1) is 12.2 Å². The van der Waals surface area contributed by atoms with Crippen molar-refractivity contribution in [1.29, 1.82) is 0 Å². The van der Waals surface area contributed by atoms with Crippen LogP contribution in [-0.4, -0.2) is 63.6 Å². The highest BCUT2D eigenvalue weighted by Gasteiger charge is 2.30. The summed E-state index contributed by atoms with van der Waals surface area (Å²) in [6, 6.07) is 7.73. The molecule has 8 nitrogen and oxygen atoms in total. The number of piperidine rings is 1. The fourth-order valence-electron chi connectivity index (χ4n) is 3.96. The number of hydrogen-bond donors (Lipinski definition) is 1. The number of rotatable bonds is 6. The first-order valence-electron chi connectivity index (χ1n) is 10.6. The molecule has 9 heteroatoms. The Morgan fingerprint density at radius 1 is 1.00 bits per heavy atom. The number of hydrogen-bond acceptors (Lipinski definition) is 6. The van der Waals surface area contributed by atoms with Gasteiger partial charge in [-0.2, -0.15) is 0 Å². The Balaban J connectivity index is 1.41. The lowest BCUT2D eigenvalue weighted by Crippen LogP contribution is -2.40. The van der Waals surface area contributed by atoms with E-state index in [0.717, 1.165) is 25.0 Å². The van der Waals surface area contributed by atoms with E-state index in [2.05, 4.69) is 10.2 Å². The second-order valence-corrected chi connectivity index (χ2v) is 10.0. The molecule has 0 bridgehead atoms. The van der Waals surface area contributed by atoms with Gasteiger partial charge in [-0.05, 0) is 49.9 Å². The highest BCUT2D eigenvalue weighted by molar-refractivity contribution is 7.88. The summed E-state index contributed by atoms with van der Waals surface area (Å²) in [6.45, 7) is 2.37. The second-order valence-electron chi connectivity index (χ2n) is 8.04. The number of nitrogens with zero attached hydrogens (tertiary/aromatic N) is 2. The van der Waals surface area contributed by atoms with Crippen LogP contribution in [0.1, 0.15) is 38.5 Å². The number of anilines is 2. The molecule has 0 aliphatic carbocycles. The van der Waals surface area contributed by atoms with E-state index in [-0.39, 0.29) is 18.4 Å². The van der Waals surface area contributed by atoms with Crippen LogP contribution in [0.5, 0.6) is 0 Å². The molecule has 0 spiro atoms. The molecule has 1 N–H and O–H groups in total. The van der Waals surface area contributed by atoms with Crippen molar-refractivity contribution < 1.29 is 22.7 Å². The van der Waals surface area contributed by atoms with Gasteiger partial charge < -0.3 is 15.0 Å². The molecular weight excluding hydrogens is 406 g/mol. The number of benzene rings is 1. The van der Waals surface area contributed by atoms with Gasteiger partial charge in [0.2, 0.25) is 10.0 Å². The summed E-state index contributed by atoms with van der Waals surface area (Å²) in [6.07, 6.45) is 6.95. The van der Waals surface area contributed by atoms with Gasteiger partial charge in [0.1, 0.15) is 0 Å². The van der Waals surface area contributed by atoms with Crippen molar-refractivity contribution in [2.75, 3.05) is 49.3 Å². The van der Waals surface area contributed by atoms with E-state index in [1.165, 1.54) is 30.0 Å². The Morgan fingerprint density at radius 3 is 2.17 bits per heavy atom. The van der Waals surface area contributed by atoms with E-state index in [1.54, 1.807) is 0 Å². The zero-order valence-corrected chi connectivity index (χ0v) is 18.3. The van der Waals surface area contributed by atoms with Gasteiger partial charge in [-0.1, -0.05) is 12.8 Å². The molecule has 2 saturated heterocycles. The standard InChI is InChI=1S/C21H31N3O5S/c1-30(27,28)24-14-10-17(11-15-24)21(26)29-16-20(25)22-18-6-8-19(9-7-18)23-12-4-2-3-5-13-23/h6-9,17H,2-5,10-16H2,1H3,(H,22,25). The molecule has 1 aromatic carbocycles. The largest absolute Gasteiger partial charge is 0.455 e. The van der Waals surface area contributed by atoms with Crippen LogP contribution in [0.4, 0.5) is 11.4 Å². The first kappa shape index (κ1) is 22.6. The third kappa shape index (κ3) is 6.43. The van der Waals surface area contributed by atoms with Gasteiger partial charge in [0.15, 0.2) is 6.61 Å². The highest BCUT2D eigenvalue weighted by Crippen LogP contribution is 2.22. The molecule has 3 rings (SSSR count). The monoisotopic (exact) mass is 437 g/mol. The van der Waals surface area contributed by atoms with Gasteiger partial charge in [0, 0.05) is 37.6 Å². The highest BCUT2D eigenvalue weighted by atomic mass is 32.2. The molecule has 0 unspecified atom stereocenters. The molecule has 0 radical (unpaired) electrons. The van der Waals surface area contributed by atoms with Crippen LogP contribution < -0.4 is 10.2 Å². The third-order valence-corrected chi connectivity index (χ3v) is 7.03. The normalized spacial score (nSPS) is 19.2. The lowest BCUT2D eigenvalue weighted by Gasteiger charge is -2.28. The third-order valence-electron chi connectivity index (χ3n) is 5.72. The molecule has 0 atom stereocenters. The molecule has 1 amide bonds. The molecule has 2 fully saturated rings. The Morgan fingerprint density at radius 2 is 1.60 bits per heavy atom. The van der Waals surface area contributed by atoms with Crippen LogP contribution in [0.15, 0.2) is 24.3 Å². The minimum atomic E-state index is -3.23. The molecule has 1 aromatic rings. The maximum atomic E-state index is 12.2. The zero-order chi connectivity index (χ0) is 21.6. The van der Waals surface area contributed by atoms with Crippen molar-refractivity contribution in [3.63, 3.8) is 0 Å². The zero-order valence-electron chi connectivity index (χ0n) is 17.5. The number of carbonyl (C=O) groups is 2. The Labute approximate surface area is 178 Å². The maximum absolute atomic E-state index is 12.2. The Kier molecular flexibility index (Phi) is 7.71. The van der Waals surface area contributed by atoms with Gasteiger partial charge in [-0.3, -0.25) is 9.59 Å². The lowest BCUT2D eigenvalue weighted by molar-refractivity contribution is -0.152. The average Bonchev–Trinajstić information content (AvgIpc) is 3.02. The number of ether oxygens (including phenoxy) is 1.